The molecule has 1 aromatic heterocycles. The summed E-state index contributed by atoms with van der Waals surface area (Å²) in [4.78, 5) is 11.1. The molecule has 2 aromatic rings. The standard InChI is InChI=1S/C14H17N5O6S3/c1-10(20)15-13-16-17-14(26-13)27(21,22)18-11-2-4-12(5-3-11)28(23,24)19-6-8-25-9-7-19/h2-5,18H,6-9H2,1H3,(H,15,16,20). The van der Waals surface area contributed by atoms with Gasteiger partial charge in [0.15, 0.2) is 0 Å². The molecule has 1 aromatic carbocycles. The quantitative estimate of drug-likeness (QED) is 0.602. The molecule has 1 amide bonds. The molecule has 2 N–H and O–H groups in total. The van der Waals surface area contributed by atoms with Crippen molar-refractivity contribution in [2.75, 3.05) is 36.3 Å². The van der Waals surface area contributed by atoms with Gasteiger partial charge >= 0.3 is 0 Å². The Kier molecular flexibility index (Phi) is 5.95. The first-order valence-corrected chi connectivity index (χ1v) is 11.7. The number of amides is 1. The predicted molar refractivity (Wildman–Crippen MR) is 101 cm³/mol. The molecule has 0 atom stereocenters. The van der Waals surface area contributed by atoms with E-state index in [0.29, 0.717) is 24.6 Å². The SMILES string of the molecule is CC(=O)Nc1nnc(S(=O)(=O)Nc2ccc(S(=O)(=O)N3CCOCC3)cc2)s1. The molecule has 0 saturated carbocycles. The average molecular weight is 448 g/mol. The highest BCUT2D eigenvalue weighted by atomic mass is 32.2. The minimum absolute atomic E-state index is 0.0554. The zero-order valence-corrected chi connectivity index (χ0v) is 17.1. The molecule has 1 aliphatic rings. The van der Waals surface area contributed by atoms with Crippen LogP contribution in [0.25, 0.3) is 0 Å². The number of benzene rings is 1. The molecule has 3 rings (SSSR count). The third kappa shape index (κ3) is 4.64. The van der Waals surface area contributed by atoms with Crippen molar-refractivity contribution in [1.82, 2.24) is 14.5 Å². The van der Waals surface area contributed by atoms with Crippen LogP contribution in [-0.2, 0) is 29.6 Å². The zero-order valence-electron chi connectivity index (χ0n) is 14.7. The van der Waals surface area contributed by atoms with Crippen LogP contribution in [0.15, 0.2) is 33.5 Å². The topological polar surface area (TPSA) is 148 Å². The van der Waals surface area contributed by atoms with Gasteiger partial charge in [-0.05, 0) is 24.3 Å². The molecule has 0 bridgehead atoms. The zero-order chi connectivity index (χ0) is 20.4. The fraction of sp³-hybridized carbons (Fsp3) is 0.357. The van der Waals surface area contributed by atoms with E-state index in [1.54, 1.807) is 0 Å². The van der Waals surface area contributed by atoms with Gasteiger partial charge in [0.2, 0.25) is 21.1 Å². The van der Waals surface area contributed by atoms with Crippen LogP contribution >= 0.6 is 11.3 Å². The van der Waals surface area contributed by atoms with Gasteiger partial charge in [-0.1, -0.05) is 11.3 Å². The van der Waals surface area contributed by atoms with Crippen LogP contribution in [0.4, 0.5) is 10.8 Å². The van der Waals surface area contributed by atoms with E-state index in [1.165, 1.54) is 35.5 Å². The molecule has 1 saturated heterocycles. The molecule has 1 aliphatic heterocycles. The van der Waals surface area contributed by atoms with Crippen LogP contribution in [-0.4, -0.2) is 63.5 Å². The predicted octanol–water partition coefficient (Wildman–Crippen LogP) is 0.318. The van der Waals surface area contributed by atoms with E-state index < -0.39 is 26.0 Å². The molecule has 0 aliphatic carbocycles. The third-order valence-electron chi connectivity index (χ3n) is 3.63. The van der Waals surface area contributed by atoms with Gasteiger partial charge in [-0.2, -0.15) is 12.7 Å². The fourth-order valence-electron chi connectivity index (χ4n) is 2.35. The molecule has 0 radical (unpaired) electrons. The summed E-state index contributed by atoms with van der Waals surface area (Å²) < 4.78 is 58.3. The second-order valence-electron chi connectivity index (χ2n) is 5.70. The number of hydrogen-bond donors (Lipinski definition) is 2. The minimum Gasteiger partial charge on any atom is -0.379 e. The summed E-state index contributed by atoms with van der Waals surface area (Å²) >= 11 is 0.695. The normalized spacial score (nSPS) is 15.9. The Labute approximate surface area is 165 Å². The Bertz CT molecular complexity index is 1060. The molecule has 28 heavy (non-hydrogen) atoms. The van der Waals surface area contributed by atoms with Gasteiger partial charge in [0.25, 0.3) is 14.4 Å². The van der Waals surface area contributed by atoms with E-state index in [1.807, 2.05) is 0 Å². The summed E-state index contributed by atoms with van der Waals surface area (Å²) in [5.74, 6) is -0.398. The highest BCUT2D eigenvalue weighted by molar-refractivity contribution is 7.94. The minimum atomic E-state index is -4.03. The smallest absolute Gasteiger partial charge is 0.291 e. The van der Waals surface area contributed by atoms with Crippen molar-refractivity contribution in [2.24, 2.45) is 0 Å². The Balaban J connectivity index is 1.74. The third-order valence-corrected chi connectivity index (χ3v) is 8.13. The Hall–Kier alpha value is -2.13. The molecule has 0 spiro atoms. The van der Waals surface area contributed by atoms with Gasteiger partial charge in [0.1, 0.15) is 0 Å². The van der Waals surface area contributed by atoms with Gasteiger partial charge < -0.3 is 10.1 Å². The molecule has 14 heteroatoms. The molecule has 11 nitrogen and oxygen atoms in total. The summed E-state index contributed by atoms with van der Waals surface area (Å²) in [5, 5.41) is 9.53. The lowest BCUT2D eigenvalue weighted by atomic mass is 10.3. The first-order chi connectivity index (χ1) is 13.2. The van der Waals surface area contributed by atoms with Crippen LogP contribution in [0.3, 0.4) is 0 Å². The van der Waals surface area contributed by atoms with Crippen molar-refractivity contribution in [3.63, 3.8) is 0 Å². The number of morpholine rings is 1. The lowest BCUT2D eigenvalue weighted by Gasteiger charge is -2.26. The maximum absolute atomic E-state index is 12.6. The summed E-state index contributed by atoms with van der Waals surface area (Å²) in [6.45, 7) is 2.47. The van der Waals surface area contributed by atoms with E-state index in [-0.39, 0.29) is 33.1 Å². The van der Waals surface area contributed by atoms with Gasteiger partial charge in [-0.25, -0.2) is 8.42 Å². The molecule has 0 unspecified atom stereocenters. The van der Waals surface area contributed by atoms with Crippen LogP contribution < -0.4 is 10.0 Å². The van der Waals surface area contributed by atoms with E-state index in [0.717, 1.165) is 0 Å². The van der Waals surface area contributed by atoms with Crippen molar-refractivity contribution in [1.29, 1.82) is 0 Å². The van der Waals surface area contributed by atoms with Crippen molar-refractivity contribution in [3.05, 3.63) is 24.3 Å². The Morgan fingerprint density at radius 3 is 2.36 bits per heavy atom. The Morgan fingerprint density at radius 1 is 1.11 bits per heavy atom. The second kappa shape index (κ2) is 8.08. The van der Waals surface area contributed by atoms with E-state index in [9.17, 15) is 21.6 Å². The Morgan fingerprint density at radius 2 is 1.75 bits per heavy atom. The van der Waals surface area contributed by atoms with Crippen LogP contribution in [0.5, 0.6) is 0 Å². The number of aromatic nitrogens is 2. The highest BCUT2D eigenvalue weighted by Gasteiger charge is 2.26. The fourth-order valence-corrected chi connectivity index (χ4v) is 5.76. The van der Waals surface area contributed by atoms with E-state index >= 15 is 0 Å². The highest BCUT2D eigenvalue weighted by Crippen LogP contribution is 2.24. The summed E-state index contributed by atoms with van der Waals surface area (Å²) in [6, 6.07) is 5.35. The van der Waals surface area contributed by atoms with Gasteiger partial charge in [0, 0.05) is 25.7 Å². The average Bonchev–Trinajstić information content (AvgIpc) is 3.11. The number of rotatable bonds is 6. The van der Waals surface area contributed by atoms with Crippen molar-refractivity contribution in [2.45, 2.75) is 16.2 Å². The number of nitrogens with one attached hydrogen (secondary N) is 2. The lowest BCUT2D eigenvalue weighted by Crippen LogP contribution is -2.40. The number of ether oxygens (including phenoxy) is 1. The van der Waals surface area contributed by atoms with Crippen LogP contribution in [0.1, 0.15) is 6.92 Å². The number of hydrogen-bond acceptors (Lipinski definition) is 9. The van der Waals surface area contributed by atoms with Gasteiger partial charge in [-0.15, -0.1) is 10.2 Å². The number of carbonyl (C=O) groups excluding carboxylic acids is 1. The van der Waals surface area contributed by atoms with Crippen molar-refractivity contribution >= 4 is 48.1 Å². The largest absolute Gasteiger partial charge is 0.379 e. The molecular formula is C14H17N5O6S3. The van der Waals surface area contributed by atoms with E-state index in [2.05, 4.69) is 20.2 Å². The molecule has 152 valence electrons. The van der Waals surface area contributed by atoms with Crippen LogP contribution in [0.2, 0.25) is 0 Å². The first-order valence-electron chi connectivity index (χ1n) is 8.00. The van der Waals surface area contributed by atoms with Crippen LogP contribution in [0, 0.1) is 0 Å². The van der Waals surface area contributed by atoms with Gasteiger partial charge in [0.05, 0.1) is 18.1 Å². The number of nitrogens with zero attached hydrogens (tertiary/aromatic N) is 3. The molecular weight excluding hydrogens is 430 g/mol. The number of anilines is 2. The molecule has 1 fully saturated rings. The van der Waals surface area contributed by atoms with E-state index in [4.69, 9.17) is 4.74 Å². The monoisotopic (exact) mass is 447 g/mol. The first kappa shape index (κ1) is 20.6. The lowest BCUT2D eigenvalue weighted by molar-refractivity contribution is -0.114. The second-order valence-corrected chi connectivity index (χ2v) is 10.5. The molecule has 2 heterocycles. The summed E-state index contributed by atoms with van der Waals surface area (Å²) in [5.41, 5.74) is 0.164. The number of carbonyl (C=O) groups is 1. The summed E-state index contributed by atoms with van der Waals surface area (Å²) in [6.07, 6.45) is 0. The number of sulfonamides is 2. The summed E-state index contributed by atoms with van der Waals surface area (Å²) in [7, 11) is -7.70. The van der Waals surface area contributed by atoms with Crippen molar-refractivity contribution in [3.8, 4) is 0 Å². The van der Waals surface area contributed by atoms with Gasteiger partial charge in [-0.3, -0.25) is 9.52 Å². The maximum Gasteiger partial charge on any atom is 0.291 e. The maximum atomic E-state index is 12.6. The van der Waals surface area contributed by atoms with Crippen molar-refractivity contribution < 1.29 is 26.4 Å².